The van der Waals surface area contributed by atoms with Gasteiger partial charge in [-0.15, -0.1) is 0 Å². The fourth-order valence-electron chi connectivity index (χ4n) is 3.56. The molecule has 1 saturated carbocycles. The SMILES string of the molecule is O=C(Nc1ccc(-c2ccc(OCC3(C(=O)O)CCC3)nc2)c(Cl)c1)Nc1ccc(F)cc1Cl. The number of aromatic nitrogens is 1. The lowest BCUT2D eigenvalue weighted by Gasteiger charge is -2.36. The van der Waals surface area contributed by atoms with E-state index in [2.05, 4.69) is 15.6 Å². The van der Waals surface area contributed by atoms with E-state index in [1.54, 1.807) is 36.5 Å². The number of anilines is 2. The molecule has 1 aliphatic rings. The lowest BCUT2D eigenvalue weighted by atomic mass is 9.69. The number of nitrogens with one attached hydrogen (secondary N) is 2. The highest BCUT2D eigenvalue weighted by molar-refractivity contribution is 6.34. The Morgan fingerprint density at radius 1 is 1.06 bits per heavy atom. The Bertz CT molecular complexity index is 1230. The molecule has 0 atom stereocenters. The Balaban J connectivity index is 1.38. The predicted molar refractivity (Wildman–Crippen MR) is 128 cm³/mol. The Hall–Kier alpha value is -3.36. The Kier molecular flexibility index (Phi) is 6.90. The highest BCUT2D eigenvalue weighted by atomic mass is 35.5. The molecule has 2 aromatic carbocycles. The summed E-state index contributed by atoms with van der Waals surface area (Å²) in [6.07, 6.45) is 3.67. The summed E-state index contributed by atoms with van der Waals surface area (Å²) in [4.78, 5) is 28.0. The molecule has 1 fully saturated rings. The van der Waals surface area contributed by atoms with Crippen LogP contribution < -0.4 is 15.4 Å². The number of carbonyl (C=O) groups is 2. The van der Waals surface area contributed by atoms with Crippen molar-refractivity contribution in [2.75, 3.05) is 17.2 Å². The van der Waals surface area contributed by atoms with Gasteiger partial charge in [-0.1, -0.05) is 35.7 Å². The van der Waals surface area contributed by atoms with Crippen molar-refractivity contribution in [3.8, 4) is 17.0 Å². The van der Waals surface area contributed by atoms with Crippen LogP contribution in [0.15, 0.2) is 54.7 Å². The first-order valence-corrected chi connectivity index (χ1v) is 11.2. The Morgan fingerprint density at radius 2 is 1.85 bits per heavy atom. The molecule has 3 aromatic rings. The standard InChI is InChI=1S/C24H20Cl2FN3O4/c25-18-11-16(29-23(33)30-20-6-3-15(27)10-19(20)26)4-5-17(18)14-2-7-21(28-12-14)34-13-24(22(31)32)8-1-9-24/h2-7,10-12H,1,8-9,13H2,(H,31,32)(H2,29,30,33). The summed E-state index contributed by atoms with van der Waals surface area (Å²) in [5.41, 5.74) is 1.30. The van der Waals surface area contributed by atoms with Gasteiger partial charge in [0, 0.05) is 29.1 Å². The van der Waals surface area contributed by atoms with Crippen LogP contribution in [0.5, 0.6) is 5.88 Å². The number of urea groups is 1. The molecule has 176 valence electrons. The smallest absolute Gasteiger partial charge is 0.323 e. The summed E-state index contributed by atoms with van der Waals surface area (Å²) in [7, 11) is 0. The maximum Gasteiger partial charge on any atom is 0.323 e. The summed E-state index contributed by atoms with van der Waals surface area (Å²) in [5.74, 6) is -1.01. The molecular weight excluding hydrogens is 484 g/mol. The van der Waals surface area contributed by atoms with Crippen molar-refractivity contribution >= 4 is 46.6 Å². The number of carboxylic acids is 1. The fourth-order valence-corrected chi connectivity index (χ4v) is 4.07. The number of rotatable bonds is 7. The average molecular weight is 504 g/mol. The van der Waals surface area contributed by atoms with E-state index in [4.69, 9.17) is 27.9 Å². The highest BCUT2D eigenvalue weighted by Gasteiger charge is 2.45. The molecule has 34 heavy (non-hydrogen) atoms. The zero-order valence-electron chi connectivity index (χ0n) is 17.8. The number of amides is 2. The van der Waals surface area contributed by atoms with Crippen LogP contribution in [0.2, 0.25) is 10.0 Å². The van der Waals surface area contributed by atoms with Crippen molar-refractivity contribution in [1.29, 1.82) is 0 Å². The summed E-state index contributed by atoms with van der Waals surface area (Å²) in [6.45, 7) is 0.0843. The van der Waals surface area contributed by atoms with Crippen LogP contribution in [0.4, 0.5) is 20.6 Å². The molecule has 3 N–H and O–H groups in total. The summed E-state index contributed by atoms with van der Waals surface area (Å²) in [6, 6.07) is 11.5. The molecule has 7 nitrogen and oxygen atoms in total. The third-order valence-corrected chi connectivity index (χ3v) is 6.34. The van der Waals surface area contributed by atoms with Gasteiger partial charge in [0.2, 0.25) is 5.88 Å². The predicted octanol–water partition coefficient (Wildman–Crippen LogP) is 6.47. The van der Waals surface area contributed by atoms with Crippen molar-refractivity contribution in [3.63, 3.8) is 0 Å². The maximum absolute atomic E-state index is 13.1. The molecule has 1 heterocycles. The number of nitrogens with zero attached hydrogens (tertiary/aromatic N) is 1. The van der Waals surface area contributed by atoms with E-state index in [1.807, 2.05) is 0 Å². The van der Waals surface area contributed by atoms with Crippen LogP contribution >= 0.6 is 23.2 Å². The van der Waals surface area contributed by atoms with Crippen molar-refractivity contribution in [3.05, 3.63) is 70.6 Å². The van der Waals surface area contributed by atoms with Gasteiger partial charge in [0.1, 0.15) is 17.8 Å². The van der Waals surface area contributed by atoms with Crippen molar-refractivity contribution < 1.29 is 23.8 Å². The molecule has 0 radical (unpaired) electrons. The lowest BCUT2D eigenvalue weighted by Crippen LogP contribution is -2.43. The minimum absolute atomic E-state index is 0.0780. The monoisotopic (exact) mass is 503 g/mol. The lowest BCUT2D eigenvalue weighted by molar-refractivity contribution is -0.157. The molecule has 1 aromatic heterocycles. The minimum atomic E-state index is -0.842. The van der Waals surface area contributed by atoms with Gasteiger partial charge in [-0.25, -0.2) is 14.2 Å². The summed E-state index contributed by atoms with van der Waals surface area (Å²) in [5, 5.41) is 15.0. The van der Waals surface area contributed by atoms with E-state index < -0.39 is 23.2 Å². The number of benzene rings is 2. The first-order chi connectivity index (χ1) is 16.3. The molecule has 4 rings (SSSR count). The van der Waals surface area contributed by atoms with Gasteiger partial charge in [0.25, 0.3) is 0 Å². The number of carbonyl (C=O) groups excluding carboxylic acids is 1. The molecule has 10 heteroatoms. The second-order valence-electron chi connectivity index (χ2n) is 8.01. The second-order valence-corrected chi connectivity index (χ2v) is 8.83. The van der Waals surface area contributed by atoms with Gasteiger partial charge < -0.3 is 20.5 Å². The first-order valence-electron chi connectivity index (χ1n) is 10.4. The third-order valence-electron chi connectivity index (χ3n) is 5.71. The molecule has 0 spiro atoms. The van der Waals surface area contributed by atoms with Gasteiger partial charge in [-0.05, 0) is 49.2 Å². The van der Waals surface area contributed by atoms with E-state index in [0.717, 1.165) is 18.1 Å². The maximum atomic E-state index is 13.1. The van der Waals surface area contributed by atoms with Crippen LogP contribution in [0.3, 0.4) is 0 Å². The van der Waals surface area contributed by atoms with E-state index in [0.29, 0.717) is 35.0 Å². The van der Waals surface area contributed by atoms with E-state index in [9.17, 15) is 19.1 Å². The van der Waals surface area contributed by atoms with Crippen LogP contribution in [-0.2, 0) is 4.79 Å². The topological polar surface area (TPSA) is 101 Å². The van der Waals surface area contributed by atoms with Gasteiger partial charge in [0.15, 0.2) is 0 Å². The van der Waals surface area contributed by atoms with Gasteiger partial charge in [0.05, 0.1) is 15.7 Å². The minimum Gasteiger partial charge on any atom is -0.481 e. The molecule has 0 unspecified atom stereocenters. The van der Waals surface area contributed by atoms with Crippen LogP contribution in [0.25, 0.3) is 11.1 Å². The van der Waals surface area contributed by atoms with Gasteiger partial charge >= 0.3 is 12.0 Å². The number of ether oxygens (including phenoxy) is 1. The summed E-state index contributed by atoms with van der Waals surface area (Å²) >= 11 is 12.3. The molecule has 1 aliphatic carbocycles. The molecule has 0 bridgehead atoms. The summed E-state index contributed by atoms with van der Waals surface area (Å²) < 4.78 is 18.8. The molecule has 0 aliphatic heterocycles. The van der Waals surface area contributed by atoms with Gasteiger partial charge in [-0.3, -0.25) is 4.79 Å². The fraction of sp³-hybridized carbons (Fsp3) is 0.208. The van der Waals surface area contributed by atoms with Crippen molar-refractivity contribution in [2.24, 2.45) is 5.41 Å². The Morgan fingerprint density at radius 3 is 2.44 bits per heavy atom. The van der Waals surface area contributed by atoms with Crippen molar-refractivity contribution in [1.82, 2.24) is 4.98 Å². The second kappa shape index (κ2) is 9.87. The first kappa shape index (κ1) is 23.8. The molecule has 0 saturated heterocycles. The highest BCUT2D eigenvalue weighted by Crippen LogP contribution is 2.41. The number of hydrogen-bond donors (Lipinski definition) is 3. The van der Waals surface area contributed by atoms with Crippen LogP contribution in [-0.4, -0.2) is 28.7 Å². The van der Waals surface area contributed by atoms with E-state index >= 15 is 0 Å². The molecular formula is C24H20Cl2FN3O4. The number of halogens is 3. The number of aliphatic carboxylic acids is 1. The number of hydrogen-bond acceptors (Lipinski definition) is 4. The third kappa shape index (κ3) is 5.24. The Labute approximate surface area is 204 Å². The van der Waals surface area contributed by atoms with Crippen molar-refractivity contribution in [2.45, 2.75) is 19.3 Å². The van der Waals surface area contributed by atoms with Crippen LogP contribution in [0, 0.1) is 11.2 Å². The zero-order valence-corrected chi connectivity index (χ0v) is 19.3. The van der Waals surface area contributed by atoms with Gasteiger partial charge in [-0.2, -0.15) is 0 Å². The zero-order chi connectivity index (χ0) is 24.3. The van der Waals surface area contributed by atoms with E-state index in [-0.39, 0.29) is 17.3 Å². The molecule has 2 amide bonds. The average Bonchev–Trinajstić information content (AvgIpc) is 2.75. The largest absolute Gasteiger partial charge is 0.481 e. The van der Waals surface area contributed by atoms with Crippen LogP contribution in [0.1, 0.15) is 19.3 Å². The normalized spacial score (nSPS) is 14.1. The number of pyridine rings is 1. The quantitative estimate of drug-likeness (QED) is 0.342. The number of carboxylic acid groups (broad SMARTS) is 1. The van der Waals surface area contributed by atoms with E-state index in [1.165, 1.54) is 12.1 Å².